The number of tetrazole rings is 1. The van der Waals surface area contributed by atoms with Crippen LogP contribution >= 0.6 is 23.2 Å². The van der Waals surface area contributed by atoms with Crippen LogP contribution in [-0.4, -0.2) is 90.2 Å². The first kappa shape index (κ1) is 32.7. The van der Waals surface area contributed by atoms with E-state index in [4.69, 9.17) is 28.2 Å². The molecule has 2 aliphatic heterocycles. The van der Waals surface area contributed by atoms with Crippen LogP contribution in [-0.2, 0) is 14.3 Å². The highest BCUT2D eigenvalue weighted by atomic mass is 35.5. The summed E-state index contributed by atoms with van der Waals surface area (Å²) in [4.78, 5) is 50.8. The van der Waals surface area contributed by atoms with E-state index in [9.17, 15) is 14.4 Å². The number of carbonyl (C=O) groups is 3. The summed E-state index contributed by atoms with van der Waals surface area (Å²) in [5.74, 6) is -0.278. The molecule has 1 fully saturated rings. The Bertz CT molecular complexity index is 1860. The lowest BCUT2D eigenvalue weighted by Crippen LogP contribution is -2.57. The summed E-state index contributed by atoms with van der Waals surface area (Å²) >= 11 is 12.9. The molecule has 0 spiro atoms. The second-order valence-electron chi connectivity index (χ2n) is 11.3. The lowest BCUT2D eigenvalue weighted by molar-refractivity contribution is -0.137. The predicted molar refractivity (Wildman–Crippen MR) is 179 cm³/mol. The van der Waals surface area contributed by atoms with Crippen molar-refractivity contribution in [1.29, 1.82) is 0 Å². The number of imidazole rings is 1. The molecule has 48 heavy (non-hydrogen) atoms. The maximum atomic E-state index is 13.8. The molecule has 16 heteroatoms. The number of carbonyl (C=O) groups excluding carboxylic acids is 3. The van der Waals surface area contributed by atoms with Gasteiger partial charge in [0.2, 0.25) is 11.8 Å². The van der Waals surface area contributed by atoms with Crippen LogP contribution in [0.5, 0.6) is 0 Å². The van der Waals surface area contributed by atoms with Crippen LogP contribution in [0, 0.1) is 0 Å². The van der Waals surface area contributed by atoms with Crippen LogP contribution in [0.4, 0.5) is 10.5 Å². The zero-order valence-electron chi connectivity index (χ0n) is 26.0. The number of rotatable bonds is 9. The summed E-state index contributed by atoms with van der Waals surface area (Å²) in [6.45, 7) is 3.34. The minimum atomic E-state index is -0.841. The number of methoxy groups -OCH3 is 1. The molecule has 1 saturated heterocycles. The van der Waals surface area contributed by atoms with E-state index in [2.05, 4.69) is 53.1 Å². The summed E-state index contributed by atoms with van der Waals surface area (Å²) < 4.78 is 6.10. The Morgan fingerprint density at radius 1 is 1.15 bits per heavy atom. The maximum Gasteiger partial charge on any atom is 0.411 e. The van der Waals surface area contributed by atoms with Gasteiger partial charge in [-0.05, 0) is 66.4 Å². The van der Waals surface area contributed by atoms with Gasteiger partial charge in [0.1, 0.15) is 23.0 Å². The van der Waals surface area contributed by atoms with Gasteiger partial charge in [0, 0.05) is 47.0 Å². The van der Waals surface area contributed by atoms with Crippen molar-refractivity contribution in [2.75, 3.05) is 25.5 Å². The number of H-pyrrole nitrogens is 1. The number of hydrogen-bond acceptors (Lipinski definition) is 9. The van der Waals surface area contributed by atoms with Crippen molar-refractivity contribution in [2.24, 2.45) is 0 Å². The molecule has 2 aliphatic rings. The number of amides is 3. The van der Waals surface area contributed by atoms with Gasteiger partial charge in [-0.3, -0.25) is 14.9 Å². The quantitative estimate of drug-likeness (QED) is 0.213. The van der Waals surface area contributed by atoms with E-state index in [0.29, 0.717) is 45.6 Å². The van der Waals surface area contributed by atoms with Crippen LogP contribution in [0.25, 0.3) is 23.0 Å². The number of aromatic nitrogens is 6. The third-order valence-corrected chi connectivity index (χ3v) is 8.87. The number of piperazine rings is 1. The Morgan fingerprint density at radius 3 is 2.71 bits per heavy atom. The van der Waals surface area contributed by atoms with Crippen LogP contribution in [0.1, 0.15) is 37.2 Å². The second-order valence-corrected chi connectivity index (χ2v) is 12.1. The molecule has 2 aromatic heterocycles. The van der Waals surface area contributed by atoms with Crippen molar-refractivity contribution in [3.05, 3.63) is 88.7 Å². The minimum absolute atomic E-state index is 0.0158. The molecule has 3 atom stereocenters. The lowest BCUT2D eigenvalue weighted by atomic mass is 10.0. The fourth-order valence-corrected chi connectivity index (χ4v) is 6.35. The first-order valence-corrected chi connectivity index (χ1v) is 15.9. The summed E-state index contributed by atoms with van der Waals surface area (Å²) in [7, 11) is 1.28. The molecule has 0 saturated carbocycles. The van der Waals surface area contributed by atoms with Crippen molar-refractivity contribution < 1.29 is 19.1 Å². The summed E-state index contributed by atoms with van der Waals surface area (Å²) in [6, 6.07) is 11.3. The van der Waals surface area contributed by atoms with Crippen molar-refractivity contribution in [3.8, 4) is 16.9 Å². The normalized spacial score (nSPS) is 17.8. The highest BCUT2D eigenvalue weighted by molar-refractivity contribution is 6.32. The van der Waals surface area contributed by atoms with Crippen molar-refractivity contribution in [1.82, 2.24) is 45.3 Å². The van der Waals surface area contributed by atoms with Crippen molar-refractivity contribution in [2.45, 2.75) is 37.9 Å². The van der Waals surface area contributed by atoms with E-state index in [1.165, 1.54) is 24.2 Å². The van der Waals surface area contributed by atoms with Gasteiger partial charge in [0.05, 0.1) is 31.3 Å². The Hall–Kier alpha value is -5.21. The van der Waals surface area contributed by atoms with E-state index in [0.717, 1.165) is 13.0 Å². The molecule has 4 aromatic rings. The Balaban J connectivity index is 1.25. The smallest absolute Gasteiger partial charge is 0.411 e. The molecule has 14 nitrogen and oxygen atoms in total. The van der Waals surface area contributed by atoms with Crippen LogP contribution < -0.4 is 10.6 Å². The molecule has 3 N–H and O–H groups in total. The number of ether oxygens (including phenoxy) is 1. The van der Waals surface area contributed by atoms with Crippen molar-refractivity contribution >= 4 is 52.9 Å². The predicted octanol–water partition coefficient (Wildman–Crippen LogP) is 4.62. The standard InChI is InChI=1S/C32H32Cl2N10O4/c1-19-25-4-3-13-42(25)14-15-43(19)28(46)17-24(31-38-29(30(34)39-31)20-5-9-23(10-6-20)36-32(47)48-2)37-27(45)12-7-21-16-22(33)8-11-26(21)44-18-35-40-41-44/h3,5-13,16,18-19,24-25H,4,14-15,17H2,1-2H3,(H,36,47)(H,37,45)(H,38,39)/t19?,24?,25-/m0/s1. The molecule has 0 aliphatic carbocycles. The van der Waals surface area contributed by atoms with Gasteiger partial charge in [0.15, 0.2) is 0 Å². The molecular formula is C32H32Cl2N10O4. The van der Waals surface area contributed by atoms with Crippen LogP contribution in [0.3, 0.4) is 0 Å². The Labute approximate surface area is 285 Å². The van der Waals surface area contributed by atoms with E-state index < -0.39 is 18.0 Å². The molecule has 4 heterocycles. The monoisotopic (exact) mass is 690 g/mol. The van der Waals surface area contributed by atoms with Gasteiger partial charge < -0.3 is 24.8 Å². The molecule has 2 aromatic carbocycles. The van der Waals surface area contributed by atoms with Gasteiger partial charge in [0.25, 0.3) is 0 Å². The topological polar surface area (TPSA) is 163 Å². The highest BCUT2D eigenvalue weighted by Crippen LogP contribution is 2.31. The second kappa shape index (κ2) is 14.3. The summed E-state index contributed by atoms with van der Waals surface area (Å²) in [5.41, 5.74) is 2.81. The molecule has 2 unspecified atom stereocenters. The van der Waals surface area contributed by atoms with E-state index in [1.54, 1.807) is 48.5 Å². The van der Waals surface area contributed by atoms with E-state index in [1.807, 2.05) is 11.8 Å². The van der Waals surface area contributed by atoms with Gasteiger partial charge in [-0.15, -0.1) is 5.10 Å². The number of anilines is 1. The number of fused-ring (bicyclic) bond motifs is 1. The molecule has 248 valence electrons. The number of nitrogens with one attached hydrogen (secondary N) is 3. The molecular weight excluding hydrogens is 659 g/mol. The van der Waals surface area contributed by atoms with Gasteiger partial charge in [-0.2, -0.15) is 4.68 Å². The average molecular weight is 692 g/mol. The fourth-order valence-electron chi connectivity index (χ4n) is 5.92. The average Bonchev–Trinajstić information content (AvgIpc) is 3.86. The number of benzene rings is 2. The van der Waals surface area contributed by atoms with Crippen LogP contribution in [0.15, 0.2) is 67.1 Å². The zero-order chi connectivity index (χ0) is 33.8. The SMILES string of the molecule is COC(=O)Nc1ccc(-c2nc(C(CC(=O)N3CCN4C=CC[C@H]4C3C)NC(=O)C=Cc3cc(Cl)ccc3-n3cnnn3)[nH]c2Cl)cc1. The number of halogens is 2. The molecule has 0 radical (unpaired) electrons. The third kappa shape index (κ3) is 7.19. The maximum absolute atomic E-state index is 13.8. The largest absolute Gasteiger partial charge is 0.453 e. The third-order valence-electron chi connectivity index (χ3n) is 8.36. The number of aromatic amines is 1. The van der Waals surface area contributed by atoms with Crippen molar-refractivity contribution in [3.63, 3.8) is 0 Å². The van der Waals surface area contributed by atoms with Gasteiger partial charge in [-0.1, -0.05) is 41.4 Å². The van der Waals surface area contributed by atoms with Gasteiger partial charge in [-0.25, -0.2) is 9.78 Å². The number of hydrogen-bond donors (Lipinski definition) is 3. The van der Waals surface area contributed by atoms with Gasteiger partial charge >= 0.3 is 6.09 Å². The lowest BCUT2D eigenvalue weighted by Gasteiger charge is -2.44. The molecule has 6 rings (SSSR count). The first-order valence-electron chi connectivity index (χ1n) is 15.1. The first-order chi connectivity index (χ1) is 23.2. The Morgan fingerprint density at radius 2 is 1.96 bits per heavy atom. The molecule has 0 bridgehead atoms. The Kier molecular flexibility index (Phi) is 9.73. The van der Waals surface area contributed by atoms with E-state index >= 15 is 0 Å². The van der Waals surface area contributed by atoms with E-state index in [-0.39, 0.29) is 29.6 Å². The highest BCUT2D eigenvalue weighted by Gasteiger charge is 2.37. The van der Waals surface area contributed by atoms with Crippen LogP contribution in [0.2, 0.25) is 10.2 Å². The minimum Gasteiger partial charge on any atom is -0.453 e. The fraction of sp³-hybridized carbons (Fsp3) is 0.281. The zero-order valence-corrected chi connectivity index (χ0v) is 27.5. The molecule has 3 amide bonds. The summed E-state index contributed by atoms with van der Waals surface area (Å²) in [6.07, 6.45) is 8.82. The number of nitrogens with zero attached hydrogens (tertiary/aromatic N) is 7. The summed E-state index contributed by atoms with van der Waals surface area (Å²) in [5, 5.41) is 17.5.